The lowest BCUT2D eigenvalue weighted by molar-refractivity contribution is -0.120. The third-order valence-corrected chi connectivity index (χ3v) is 1.83. The zero-order chi connectivity index (χ0) is 11.3. The number of hydrogen-bond acceptors (Lipinski definition) is 3. The van der Waals surface area contributed by atoms with E-state index in [1.165, 1.54) is 0 Å². The molecule has 84 valence electrons. The highest BCUT2D eigenvalue weighted by molar-refractivity contribution is 5.78. The monoisotopic (exact) mass is 210 g/mol. The number of hydrogen-bond donors (Lipinski definition) is 2. The van der Waals surface area contributed by atoms with Gasteiger partial charge in [-0.3, -0.25) is 4.79 Å². The largest absolute Gasteiger partial charge is 0.465 e. The minimum atomic E-state index is 0.00766. The predicted molar refractivity (Wildman–Crippen MR) is 58.4 cm³/mol. The van der Waals surface area contributed by atoms with E-state index in [1.54, 1.807) is 0 Å². The van der Waals surface area contributed by atoms with E-state index >= 15 is 0 Å². The first-order valence-electron chi connectivity index (χ1n) is 5.13. The van der Waals surface area contributed by atoms with Crippen LogP contribution >= 0.6 is 0 Å². The normalized spacial score (nSPS) is 10.7. The molecule has 2 N–H and O–H groups in total. The second kappa shape index (κ2) is 5.56. The van der Waals surface area contributed by atoms with Gasteiger partial charge in [0, 0.05) is 6.04 Å². The minimum absolute atomic E-state index is 0.00766. The van der Waals surface area contributed by atoms with Crippen molar-refractivity contribution in [1.29, 1.82) is 0 Å². The van der Waals surface area contributed by atoms with Crippen LogP contribution in [0.5, 0.6) is 0 Å². The van der Waals surface area contributed by atoms with Crippen LogP contribution in [-0.4, -0.2) is 18.5 Å². The molecular formula is C11H18N2O2. The summed E-state index contributed by atoms with van der Waals surface area (Å²) in [6, 6.07) is 4.00. The van der Waals surface area contributed by atoms with Crippen LogP contribution in [0.15, 0.2) is 16.5 Å². The molecule has 0 saturated heterocycles. The van der Waals surface area contributed by atoms with Crippen LogP contribution in [0.25, 0.3) is 0 Å². The van der Waals surface area contributed by atoms with Crippen molar-refractivity contribution in [2.75, 3.05) is 6.54 Å². The molecule has 4 nitrogen and oxygen atoms in total. The summed E-state index contributed by atoms with van der Waals surface area (Å²) in [6.45, 7) is 6.67. The van der Waals surface area contributed by atoms with E-state index in [2.05, 4.69) is 10.6 Å². The number of aryl methyl sites for hydroxylation is 1. The van der Waals surface area contributed by atoms with Gasteiger partial charge in [-0.25, -0.2) is 0 Å². The maximum atomic E-state index is 11.2. The summed E-state index contributed by atoms with van der Waals surface area (Å²) in [5.74, 6) is 1.75. The summed E-state index contributed by atoms with van der Waals surface area (Å²) in [5.41, 5.74) is 0. The van der Waals surface area contributed by atoms with Gasteiger partial charge in [-0.05, 0) is 32.9 Å². The van der Waals surface area contributed by atoms with E-state index in [0.717, 1.165) is 11.5 Å². The van der Waals surface area contributed by atoms with Crippen molar-refractivity contribution in [3.63, 3.8) is 0 Å². The van der Waals surface area contributed by atoms with Crippen LogP contribution in [0.3, 0.4) is 0 Å². The van der Waals surface area contributed by atoms with Gasteiger partial charge < -0.3 is 15.1 Å². The van der Waals surface area contributed by atoms with Gasteiger partial charge in [0.2, 0.25) is 5.91 Å². The first-order valence-corrected chi connectivity index (χ1v) is 5.13. The van der Waals surface area contributed by atoms with Gasteiger partial charge >= 0.3 is 0 Å². The standard InChI is InChI=1S/C11H18N2O2/c1-8(2)13-11(14)7-12-6-10-5-4-9(3)15-10/h4-5,8,12H,6-7H2,1-3H3,(H,13,14). The zero-order valence-electron chi connectivity index (χ0n) is 9.46. The number of rotatable bonds is 5. The molecule has 0 saturated carbocycles. The quantitative estimate of drug-likeness (QED) is 0.768. The molecule has 0 aliphatic carbocycles. The summed E-state index contributed by atoms with van der Waals surface area (Å²) >= 11 is 0. The number of carbonyl (C=O) groups is 1. The molecule has 0 aromatic carbocycles. The van der Waals surface area contributed by atoms with E-state index in [1.807, 2.05) is 32.9 Å². The summed E-state index contributed by atoms with van der Waals surface area (Å²) in [7, 11) is 0. The lowest BCUT2D eigenvalue weighted by Crippen LogP contribution is -2.37. The average molecular weight is 210 g/mol. The minimum Gasteiger partial charge on any atom is -0.465 e. The van der Waals surface area contributed by atoms with Gasteiger partial charge in [0.05, 0.1) is 13.1 Å². The molecule has 4 heteroatoms. The van der Waals surface area contributed by atoms with Gasteiger partial charge in [0.15, 0.2) is 0 Å². The highest BCUT2D eigenvalue weighted by atomic mass is 16.3. The third-order valence-electron chi connectivity index (χ3n) is 1.83. The lowest BCUT2D eigenvalue weighted by atomic mass is 10.4. The second-order valence-corrected chi connectivity index (χ2v) is 3.84. The highest BCUT2D eigenvalue weighted by Crippen LogP contribution is 2.04. The van der Waals surface area contributed by atoms with Crippen LogP contribution in [0, 0.1) is 6.92 Å². The fraction of sp³-hybridized carbons (Fsp3) is 0.545. The first-order chi connectivity index (χ1) is 7.08. The molecule has 1 heterocycles. The van der Waals surface area contributed by atoms with Crippen molar-refractivity contribution in [1.82, 2.24) is 10.6 Å². The van der Waals surface area contributed by atoms with E-state index in [-0.39, 0.29) is 11.9 Å². The Kier molecular flexibility index (Phi) is 4.37. The lowest BCUT2D eigenvalue weighted by Gasteiger charge is -2.08. The van der Waals surface area contributed by atoms with E-state index in [0.29, 0.717) is 13.1 Å². The molecule has 0 aliphatic rings. The van der Waals surface area contributed by atoms with Crippen LogP contribution in [0.2, 0.25) is 0 Å². The van der Waals surface area contributed by atoms with Gasteiger partial charge in [0.1, 0.15) is 11.5 Å². The molecule has 1 rings (SSSR count). The van der Waals surface area contributed by atoms with Crippen molar-refractivity contribution in [2.45, 2.75) is 33.4 Å². The van der Waals surface area contributed by atoms with Crippen LogP contribution in [0.4, 0.5) is 0 Å². The molecule has 0 unspecified atom stereocenters. The molecule has 15 heavy (non-hydrogen) atoms. The van der Waals surface area contributed by atoms with Crippen molar-refractivity contribution in [3.8, 4) is 0 Å². The summed E-state index contributed by atoms with van der Waals surface area (Å²) in [6.07, 6.45) is 0. The molecule has 0 fully saturated rings. The van der Waals surface area contributed by atoms with Crippen molar-refractivity contribution >= 4 is 5.91 Å². The maximum Gasteiger partial charge on any atom is 0.234 e. The molecule has 1 amide bonds. The van der Waals surface area contributed by atoms with Gasteiger partial charge in [0.25, 0.3) is 0 Å². The Morgan fingerprint density at radius 2 is 2.20 bits per heavy atom. The zero-order valence-corrected chi connectivity index (χ0v) is 9.46. The Hall–Kier alpha value is -1.29. The molecule has 1 aromatic heterocycles. The topological polar surface area (TPSA) is 54.3 Å². The van der Waals surface area contributed by atoms with Crippen molar-refractivity contribution in [2.24, 2.45) is 0 Å². The SMILES string of the molecule is Cc1ccc(CNCC(=O)NC(C)C)o1. The Balaban J connectivity index is 2.19. The molecule has 0 radical (unpaired) electrons. The molecule has 0 spiro atoms. The number of amides is 1. The van der Waals surface area contributed by atoms with E-state index in [4.69, 9.17) is 4.42 Å². The Bertz CT molecular complexity index is 318. The summed E-state index contributed by atoms with van der Waals surface area (Å²) < 4.78 is 5.35. The smallest absolute Gasteiger partial charge is 0.234 e. The Labute approximate surface area is 90.0 Å². The first kappa shape index (κ1) is 11.8. The maximum absolute atomic E-state index is 11.2. The Morgan fingerprint density at radius 1 is 1.47 bits per heavy atom. The Morgan fingerprint density at radius 3 is 2.73 bits per heavy atom. The highest BCUT2D eigenvalue weighted by Gasteiger charge is 2.03. The molecular weight excluding hydrogens is 192 g/mol. The third kappa shape index (κ3) is 4.65. The van der Waals surface area contributed by atoms with Gasteiger partial charge in [-0.2, -0.15) is 0 Å². The summed E-state index contributed by atoms with van der Waals surface area (Å²) in [4.78, 5) is 11.2. The predicted octanol–water partition coefficient (Wildman–Crippen LogP) is 1.20. The van der Waals surface area contributed by atoms with E-state index in [9.17, 15) is 4.79 Å². The van der Waals surface area contributed by atoms with Crippen LogP contribution < -0.4 is 10.6 Å². The number of furan rings is 1. The average Bonchev–Trinajstić information content (AvgIpc) is 2.50. The van der Waals surface area contributed by atoms with Gasteiger partial charge in [-0.15, -0.1) is 0 Å². The molecule has 0 aliphatic heterocycles. The van der Waals surface area contributed by atoms with E-state index < -0.39 is 0 Å². The van der Waals surface area contributed by atoms with Gasteiger partial charge in [-0.1, -0.05) is 0 Å². The summed E-state index contributed by atoms with van der Waals surface area (Å²) in [5, 5.41) is 5.82. The second-order valence-electron chi connectivity index (χ2n) is 3.84. The van der Waals surface area contributed by atoms with Crippen molar-refractivity contribution in [3.05, 3.63) is 23.7 Å². The fourth-order valence-electron chi connectivity index (χ4n) is 1.25. The number of nitrogens with one attached hydrogen (secondary N) is 2. The molecule has 0 atom stereocenters. The van der Waals surface area contributed by atoms with Crippen LogP contribution in [0.1, 0.15) is 25.4 Å². The molecule has 0 bridgehead atoms. The fourth-order valence-corrected chi connectivity index (χ4v) is 1.25. The number of carbonyl (C=O) groups excluding carboxylic acids is 1. The van der Waals surface area contributed by atoms with Crippen LogP contribution in [-0.2, 0) is 11.3 Å². The van der Waals surface area contributed by atoms with Crippen molar-refractivity contribution < 1.29 is 9.21 Å². The molecule has 1 aromatic rings.